The van der Waals surface area contributed by atoms with Crippen LogP contribution in [0.25, 0.3) is 6.08 Å². The fourth-order valence-electron chi connectivity index (χ4n) is 4.02. The van der Waals surface area contributed by atoms with Gasteiger partial charge in [0, 0.05) is 4.88 Å². The van der Waals surface area contributed by atoms with E-state index in [0.717, 1.165) is 16.2 Å². The Balaban J connectivity index is 1.58. The van der Waals surface area contributed by atoms with E-state index in [0.29, 0.717) is 26.4 Å². The number of rotatable bonds is 6. The van der Waals surface area contributed by atoms with Gasteiger partial charge in [0.05, 0.1) is 21.9 Å². The normalized spacial score (nSPS) is 15.6. The third-order valence-electron chi connectivity index (χ3n) is 5.53. The van der Waals surface area contributed by atoms with Gasteiger partial charge in [0.2, 0.25) is 0 Å². The van der Waals surface area contributed by atoms with Crippen LogP contribution in [0.2, 0.25) is 0 Å². The molecule has 0 radical (unpaired) electrons. The van der Waals surface area contributed by atoms with Crippen molar-refractivity contribution in [3.63, 3.8) is 0 Å². The van der Waals surface area contributed by atoms with E-state index >= 15 is 0 Å². The molecule has 0 bridgehead atoms. The van der Waals surface area contributed by atoms with Crippen LogP contribution in [-0.4, -0.2) is 16.6 Å². The third-order valence-corrected chi connectivity index (χ3v) is 7.44. The van der Waals surface area contributed by atoms with Gasteiger partial charge < -0.3 is 9.47 Å². The summed E-state index contributed by atoms with van der Waals surface area (Å²) in [5.74, 6) is 0.958. The summed E-state index contributed by atoms with van der Waals surface area (Å²) in [6.07, 6.45) is 1.55. The van der Waals surface area contributed by atoms with Gasteiger partial charge in [-0.15, -0.1) is 11.3 Å². The zero-order valence-electron chi connectivity index (χ0n) is 20.0. The lowest BCUT2D eigenvalue weighted by Crippen LogP contribution is -2.39. The number of carbonyl (C=O) groups excluding carboxylic acids is 1. The molecule has 1 unspecified atom stereocenters. The van der Waals surface area contributed by atoms with Crippen molar-refractivity contribution in [3.05, 3.63) is 114 Å². The van der Waals surface area contributed by atoms with Crippen molar-refractivity contribution in [3.8, 4) is 11.5 Å². The molecule has 8 heteroatoms. The number of carbonyl (C=O) groups is 1. The number of hydrogen-bond acceptors (Lipinski definition) is 7. The molecule has 1 aliphatic rings. The molecule has 1 atom stereocenters. The first kappa shape index (κ1) is 24.0. The van der Waals surface area contributed by atoms with Crippen LogP contribution in [0.5, 0.6) is 11.5 Å². The number of benzene rings is 2. The molecule has 0 spiro atoms. The van der Waals surface area contributed by atoms with Gasteiger partial charge >= 0.3 is 5.97 Å². The number of ether oxygens (including phenoxy) is 2. The number of hydrogen-bond donors (Lipinski definition) is 0. The first-order valence-corrected chi connectivity index (χ1v) is 13.2. The topological polar surface area (TPSA) is 69.9 Å². The van der Waals surface area contributed by atoms with Crippen molar-refractivity contribution >= 4 is 34.7 Å². The highest BCUT2D eigenvalue weighted by atomic mass is 32.1. The van der Waals surface area contributed by atoms with Crippen LogP contribution in [-0.2, 0) is 9.53 Å². The van der Waals surface area contributed by atoms with Crippen molar-refractivity contribution in [2.24, 2.45) is 4.99 Å². The van der Waals surface area contributed by atoms with Crippen LogP contribution in [0.4, 0.5) is 0 Å². The number of para-hydroxylation sites is 1. The molecule has 0 N–H and O–H groups in total. The summed E-state index contributed by atoms with van der Waals surface area (Å²) >= 11 is 2.80. The second-order valence-corrected chi connectivity index (χ2v) is 10.5. The highest BCUT2D eigenvalue weighted by molar-refractivity contribution is 7.10. The van der Waals surface area contributed by atoms with Gasteiger partial charge in [-0.3, -0.25) is 9.36 Å². The highest BCUT2D eigenvalue weighted by Gasteiger charge is 2.34. The second kappa shape index (κ2) is 10.1. The zero-order chi connectivity index (χ0) is 25.2. The molecule has 3 heterocycles. The van der Waals surface area contributed by atoms with Gasteiger partial charge in [0.25, 0.3) is 5.56 Å². The quantitative estimate of drug-likeness (QED) is 0.337. The Labute approximate surface area is 216 Å². The molecule has 4 aromatic rings. The van der Waals surface area contributed by atoms with Gasteiger partial charge in [-0.2, -0.15) is 0 Å². The molecule has 0 fully saturated rings. The number of esters is 1. The molecule has 2 aromatic carbocycles. The molecule has 0 saturated carbocycles. The molecule has 0 saturated heterocycles. The lowest BCUT2D eigenvalue weighted by atomic mass is 10.0. The average molecular weight is 517 g/mol. The molecular weight excluding hydrogens is 492 g/mol. The minimum absolute atomic E-state index is 0.200. The molecule has 0 aliphatic carbocycles. The first-order chi connectivity index (χ1) is 17.4. The fraction of sp³-hybridized carbons (Fsp3) is 0.179. The fourth-order valence-corrected chi connectivity index (χ4v) is 5.89. The third kappa shape index (κ3) is 4.82. The Kier molecular flexibility index (Phi) is 6.71. The summed E-state index contributed by atoms with van der Waals surface area (Å²) in [5.41, 5.74) is 1.58. The maximum atomic E-state index is 13.7. The smallest absolute Gasteiger partial charge is 0.338 e. The monoisotopic (exact) mass is 516 g/mol. The minimum Gasteiger partial charge on any atom is -0.459 e. The van der Waals surface area contributed by atoms with Crippen LogP contribution >= 0.6 is 22.7 Å². The van der Waals surface area contributed by atoms with E-state index in [1.807, 2.05) is 78.2 Å². The van der Waals surface area contributed by atoms with E-state index in [2.05, 4.69) is 4.99 Å². The number of fused-ring (bicyclic) bond motifs is 1. The van der Waals surface area contributed by atoms with Gasteiger partial charge in [0.15, 0.2) is 4.80 Å². The lowest BCUT2D eigenvalue weighted by molar-refractivity contribution is -0.143. The molecule has 0 amide bonds. The molecule has 182 valence electrons. The van der Waals surface area contributed by atoms with Crippen molar-refractivity contribution in [1.29, 1.82) is 0 Å². The molecule has 1 aliphatic heterocycles. The van der Waals surface area contributed by atoms with Crippen LogP contribution in [0.15, 0.2) is 93.2 Å². The van der Waals surface area contributed by atoms with E-state index < -0.39 is 12.0 Å². The summed E-state index contributed by atoms with van der Waals surface area (Å²) in [6.45, 7) is 5.40. The molecule has 5 rings (SSSR count). The summed E-state index contributed by atoms with van der Waals surface area (Å²) < 4.78 is 13.6. The molecule has 36 heavy (non-hydrogen) atoms. The summed E-state index contributed by atoms with van der Waals surface area (Å²) in [6, 6.07) is 20.4. The van der Waals surface area contributed by atoms with E-state index in [9.17, 15) is 9.59 Å². The Morgan fingerprint density at radius 3 is 2.56 bits per heavy atom. The second-order valence-electron chi connectivity index (χ2n) is 8.54. The van der Waals surface area contributed by atoms with Gasteiger partial charge in [-0.25, -0.2) is 9.79 Å². The number of thiophene rings is 1. The number of aromatic nitrogens is 1. The van der Waals surface area contributed by atoms with Crippen LogP contribution in [0.3, 0.4) is 0 Å². The Morgan fingerprint density at radius 1 is 1.06 bits per heavy atom. The maximum absolute atomic E-state index is 13.7. The van der Waals surface area contributed by atoms with E-state index in [-0.39, 0.29) is 11.7 Å². The standard InChI is InChI=1S/C28H24N2O4S2/c1-17(2)33-27(32)24-18(3)29-28-30(25(24)22-13-8-14-35-22)26(31)23(36-28)16-19-9-7-12-21(15-19)34-20-10-5-4-6-11-20/h4-17,25H,1-3H3. The highest BCUT2D eigenvalue weighted by Crippen LogP contribution is 2.33. The first-order valence-electron chi connectivity index (χ1n) is 11.5. The van der Waals surface area contributed by atoms with Crippen LogP contribution in [0, 0.1) is 0 Å². The molecule has 6 nitrogen and oxygen atoms in total. The summed E-state index contributed by atoms with van der Waals surface area (Å²) in [5, 5.41) is 1.93. The molecule has 2 aromatic heterocycles. The van der Waals surface area contributed by atoms with Crippen molar-refractivity contribution in [2.75, 3.05) is 0 Å². The van der Waals surface area contributed by atoms with E-state index in [1.165, 1.54) is 22.7 Å². The minimum atomic E-state index is -0.581. The Bertz CT molecular complexity index is 1610. The van der Waals surface area contributed by atoms with Gasteiger partial charge in [-0.1, -0.05) is 47.7 Å². The van der Waals surface area contributed by atoms with Crippen LogP contribution in [0.1, 0.15) is 37.3 Å². The lowest BCUT2D eigenvalue weighted by Gasteiger charge is -2.24. The molecular formula is C28H24N2O4S2. The van der Waals surface area contributed by atoms with Gasteiger partial charge in [0.1, 0.15) is 17.5 Å². The summed E-state index contributed by atoms with van der Waals surface area (Å²) in [4.78, 5) is 32.8. The van der Waals surface area contributed by atoms with Crippen molar-refractivity contribution in [1.82, 2.24) is 4.57 Å². The Morgan fingerprint density at radius 2 is 1.83 bits per heavy atom. The number of allylic oxidation sites excluding steroid dienone is 1. The van der Waals surface area contributed by atoms with Gasteiger partial charge in [-0.05, 0) is 68.1 Å². The maximum Gasteiger partial charge on any atom is 0.338 e. The number of thiazole rings is 1. The van der Waals surface area contributed by atoms with E-state index in [4.69, 9.17) is 9.47 Å². The predicted molar refractivity (Wildman–Crippen MR) is 142 cm³/mol. The largest absolute Gasteiger partial charge is 0.459 e. The van der Waals surface area contributed by atoms with Crippen molar-refractivity contribution < 1.29 is 14.3 Å². The number of nitrogens with zero attached hydrogens (tertiary/aromatic N) is 2. The average Bonchev–Trinajstić information content (AvgIpc) is 3.47. The predicted octanol–water partition coefficient (Wildman–Crippen LogP) is 5.04. The summed E-state index contributed by atoms with van der Waals surface area (Å²) in [7, 11) is 0. The Hall–Kier alpha value is -3.75. The van der Waals surface area contributed by atoms with Crippen molar-refractivity contribution in [2.45, 2.75) is 32.9 Å². The van der Waals surface area contributed by atoms with E-state index in [1.54, 1.807) is 25.3 Å². The van der Waals surface area contributed by atoms with Crippen LogP contribution < -0.4 is 19.6 Å². The SMILES string of the molecule is CC1=C(C(=O)OC(C)C)C(c2cccs2)n2c(sc(=Cc3cccc(Oc4ccccc4)c3)c2=O)=N1. The zero-order valence-corrected chi connectivity index (χ0v) is 21.6.